The van der Waals surface area contributed by atoms with Crippen LogP contribution in [0.1, 0.15) is 30.3 Å². The van der Waals surface area contributed by atoms with Crippen LogP contribution >= 0.6 is 11.8 Å². The minimum absolute atomic E-state index is 0.0306. The van der Waals surface area contributed by atoms with Crippen molar-refractivity contribution in [3.8, 4) is 0 Å². The van der Waals surface area contributed by atoms with Gasteiger partial charge in [0.05, 0.1) is 5.75 Å². The third-order valence-corrected chi connectivity index (χ3v) is 4.44. The molecular weight excluding hydrogens is 296 g/mol. The summed E-state index contributed by atoms with van der Waals surface area (Å²) in [5, 5.41) is 11.9. The molecular formula is C16H22N4OS. The fourth-order valence-electron chi connectivity index (χ4n) is 2.10. The topological polar surface area (TPSA) is 59.8 Å². The minimum Gasteiger partial charge on any atom is -0.325 e. The van der Waals surface area contributed by atoms with Crippen molar-refractivity contribution in [2.45, 2.75) is 45.8 Å². The molecule has 22 heavy (non-hydrogen) atoms. The lowest BCUT2D eigenvalue weighted by Crippen LogP contribution is -2.15. The monoisotopic (exact) mass is 318 g/mol. The molecule has 0 saturated heterocycles. The number of nitrogens with zero attached hydrogens (tertiary/aromatic N) is 3. The first-order chi connectivity index (χ1) is 10.5. The summed E-state index contributed by atoms with van der Waals surface area (Å²) in [6, 6.07) is 5.93. The van der Waals surface area contributed by atoms with Gasteiger partial charge in [0.15, 0.2) is 5.16 Å². The van der Waals surface area contributed by atoms with Crippen molar-refractivity contribution in [1.82, 2.24) is 14.8 Å². The van der Waals surface area contributed by atoms with Crippen molar-refractivity contribution >= 4 is 23.4 Å². The zero-order valence-electron chi connectivity index (χ0n) is 13.5. The second-order valence-electron chi connectivity index (χ2n) is 5.32. The number of amides is 1. The van der Waals surface area contributed by atoms with Gasteiger partial charge in [-0.2, -0.15) is 0 Å². The van der Waals surface area contributed by atoms with Gasteiger partial charge in [0.1, 0.15) is 5.82 Å². The van der Waals surface area contributed by atoms with Crippen LogP contribution in [0, 0.1) is 20.8 Å². The zero-order valence-corrected chi connectivity index (χ0v) is 14.3. The Morgan fingerprint density at radius 2 is 2.00 bits per heavy atom. The van der Waals surface area contributed by atoms with E-state index in [4.69, 9.17) is 0 Å². The molecule has 2 rings (SSSR count). The van der Waals surface area contributed by atoms with Crippen molar-refractivity contribution in [2.24, 2.45) is 0 Å². The van der Waals surface area contributed by atoms with E-state index in [0.717, 1.165) is 29.6 Å². The average molecular weight is 318 g/mol. The first-order valence-corrected chi connectivity index (χ1v) is 8.39. The first kappa shape index (κ1) is 16.5. The van der Waals surface area contributed by atoms with Crippen molar-refractivity contribution in [1.29, 1.82) is 0 Å². The second kappa shape index (κ2) is 7.45. The number of aromatic nitrogens is 3. The average Bonchev–Trinajstić information content (AvgIpc) is 2.82. The van der Waals surface area contributed by atoms with Crippen LogP contribution in [0.5, 0.6) is 0 Å². The number of anilines is 1. The van der Waals surface area contributed by atoms with Crippen LogP contribution in [0.4, 0.5) is 5.69 Å². The number of nitrogens with one attached hydrogen (secondary N) is 1. The van der Waals surface area contributed by atoms with Gasteiger partial charge in [-0.05, 0) is 50.5 Å². The van der Waals surface area contributed by atoms with Crippen molar-refractivity contribution < 1.29 is 4.79 Å². The summed E-state index contributed by atoms with van der Waals surface area (Å²) in [7, 11) is 0. The molecule has 6 heteroatoms. The molecule has 2 aromatic rings. The van der Waals surface area contributed by atoms with Gasteiger partial charge in [-0.3, -0.25) is 4.79 Å². The van der Waals surface area contributed by atoms with Crippen LogP contribution in [-0.2, 0) is 11.3 Å². The Morgan fingerprint density at radius 3 is 2.68 bits per heavy atom. The van der Waals surface area contributed by atoms with Crippen LogP contribution in [0.2, 0.25) is 0 Å². The number of hydrogen-bond acceptors (Lipinski definition) is 4. The Morgan fingerprint density at radius 1 is 1.23 bits per heavy atom. The van der Waals surface area contributed by atoms with Gasteiger partial charge >= 0.3 is 0 Å². The van der Waals surface area contributed by atoms with Crippen LogP contribution in [0.25, 0.3) is 0 Å². The standard InChI is InChI=1S/C16H22N4OS/c1-5-8-20-13(4)18-19-16(20)22-10-15(21)17-14-7-6-11(2)12(3)9-14/h6-7,9H,5,8,10H2,1-4H3,(H,17,21). The number of hydrogen-bond donors (Lipinski definition) is 1. The molecule has 0 bridgehead atoms. The van der Waals surface area contributed by atoms with E-state index in [0.29, 0.717) is 5.75 Å². The van der Waals surface area contributed by atoms with Crippen LogP contribution in [-0.4, -0.2) is 26.4 Å². The Labute approximate surface area is 135 Å². The van der Waals surface area contributed by atoms with E-state index in [1.54, 1.807) is 0 Å². The van der Waals surface area contributed by atoms with Crippen molar-refractivity contribution in [3.63, 3.8) is 0 Å². The minimum atomic E-state index is -0.0306. The summed E-state index contributed by atoms with van der Waals surface area (Å²) in [6.07, 6.45) is 1.02. The van der Waals surface area contributed by atoms with Crippen LogP contribution < -0.4 is 5.32 Å². The maximum Gasteiger partial charge on any atom is 0.234 e. The maximum absolute atomic E-state index is 12.1. The predicted molar refractivity (Wildman–Crippen MR) is 90.3 cm³/mol. The molecule has 5 nitrogen and oxygen atoms in total. The Hall–Kier alpha value is -1.82. The summed E-state index contributed by atoms with van der Waals surface area (Å²) in [4.78, 5) is 12.1. The molecule has 0 aliphatic rings. The summed E-state index contributed by atoms with van der Waals surface area (Å²) in [5.74, 6) is 1.19. The third kappa shape index (κ3) is 4.10. The molecule has 1 aromatic carbocycles. The molecule has 1 N–H and O–H groups in total. The fourth-order valence-corrected chi connectivity index (χ4v) is 2.91. The molecule has 0 spiro atoms. The van der Waals surface area contributed by atoms with E-state index in [1.807, 2.05) is 36.6 Å². The smallest absolute Gasteiger partial charge is 0.234 e. The number of aryl methyl sites for hydroxylation is 3. The molecule has 0 aliphatic heterocycles. The molecule has 1 aromatic heterocycles. The molecule has 118 valence electrons. The van der Waals surface area contributed by atoms with E-state index in [9.17, 15) is 4.79 Å². The number of carbonyl (C=O) groups is 1. The number of carbonyl (C=O) groups excluding carboxylic acids is 1. The van der Waals surface area contributed by atoms with Gasteiger partial charge in [-0.1, -0.05) is 24.8 Å². The van der Waals surface area contributed by atoms with Gasteiger partial charge < -0.3 is 9.88 Å². The number of rotatable bonds is 6. The summed E-state index contributed by atoms with van der Waals surface area (Å²) in [5.41, 5.74) is 3.22. The lowest BCUT2D eigenvalue weighted by molar-refractivity contribution is -0.113. The third-order valence-electron chi connectivity index (χ3n) is 3.47. The van der Waals surface area contributed by atoms with Crippen LogP contribution in [0.15, 0.2) is 23.4 Å². The van der Waals surface area contributed by atoms with Crippen molar-refractivity contribution in [3.05, 3.63) is 35.2 Å². The van der Waals surface area contributed by atoms with E-state index in [2.05, 4.69) is 29.4 Å². The molecule has 0 unspecified atom stereocenters. The normalized spacial score (nSPS) is 10.7. The summed E-state index contributed by atoms with van der Waals surface area (Å²) in [6.45, 7) is 9.01. The molecule has 0 radical (unpaired) electrons. The Bertz CT molecular complexity index is 666. The zero-order chi connectivity index (χ0) is 16.1. The van der Waals surface area contributed by atoms with E-state index in [-0.39, 0.29) is 5.91 Å². The van der Waals surface area contributed by atoms with Crippen molar-refractivity contribution in [2.75, 3.05) is 11.1 Å². The number of benzene rings is 1. The molecule has 0 fully saturated rings. The lowest BCUT2D eigenvalue weighted by atomic mass is 10.1. The summed E-state index contributed by atoms with van der Waals surface area (Å²) < 4.78 is 2.05. The van der Waals surface area contributed by atoms with Crippen LogP contribution in [0.3, 0.4) is 0 Å². The Kier molecular flexibility index (Phi) is 5.60. The van der Waals surface area contributed by atoms with Gasteiger partial charge in [0.25, 0.3) is 0 Å². The van der Waals surface area contributed by atoms with E-state index >= 15 is 0 Å². The molecule has 0 aliphatic carbocycles. The highest BCUT2D eigenvalue weighted by molar-refractivity contribution is 7.99. The fraction of sp³-hybridized carbons (Fsp3) is 0.438. The van der Waals surface area contributed by atoms with Gasteiger partial charge in [-0.15, -0.1) is 10.2 Å². The number of thioether (sulfide) groups is 1. The molecule has 1 heterocycles. The Balaban J connectivity index is 1.94. The van der Waals surface area contributed by atoms with Gasteiger partial charge in [0.2, 0.25) is 5.91 Å². The van der Waals surface area contributed by atoms with Gasteiger partial charge in [0, 0.05) is 12.2 Å². The lowest BCUT2D eigenvalue weighted by Gasteiger charge is -2.08. The highest BCUT2D eigenvalue weighted by atomic mass is 32.2. The molecule has 0 atom stereocenters. The SMILES string of the molecule is CCCn1c(C)nnc1SCC(=O)Nc1ccc(C)c(C)c1. The predicted octanol–water partition coefficient (Wildman–Crippen LogP) is 3.34. The highest BCUT2D eigenvalue weighted by Gasteiger charge is 2.11. The highest BCUT2D eigenvalue weighted by Crippen LogP contribution is 2.19. The molecule has 0 saturated carbocycles. The quantitative estimate of drug-likeness (QED) is 0.830. The second-order valence-corrected chi connectivity index (χ2v) is 6.26. The largest absolute Gasteiger partial charge is 0.325 e. The van der Waals surface area contributed by atoms with Gasteiger partial charge in [-0.25, -0.2) is 0 Å². The molecule has 1 amide bonds. The first-order valence-electron chi connectivity index (χ1n) is 7.41. The summed E-state index contributed by atoms with van der Waals surface area (Å²) >= 11 is 1.42. The van der Waals surface area contributed by atoms with E-state index in [1.165, 1.54) is 22.9 Å². The van der Waals surface area contributed by atoms with E-state index < -0.39 is 0 Å². The maximum atomic E-state index is 12.1.